The number of benzene rings is 4. The second-order valence-corrected chi connectivity index (χ2v) is 13.6. The van der Waals surface area contributed by atoms with Crippen molar-refractivity contribution in [2.75, 3.05) is 4.90 Å². The van der Waals surface area contributed by atoms with Crippen molar-refractivity contribution < 1.29 is 0 Å². The number of hydrogen-bond donors (Lipinski definition) is 0. The number of rotatable bonds is 5. The zero-order valence-electron chi connectivity index (χ0n) is 28.4. The zero-order valence-corrected chi connectivity index (χ0v) is 28.4. The summed E-state index contributed by atoms with van der Waals surface area (Å²) in [6, 6.07) is 30.1. The Morgan fingerprint density at radius 2 is 1.48 bits per heavy atom. The van der Waals surface area contributed by atoms with Gasteiger partial charge < -0.3 is 9.47 Å². The van der Waals surface area contributed by atoms with Crippen LogP contribution in [0.5, 0.6) is 0 Å². The predicted molar refractivity (Wildman–Crippen MR) is 199 cm³/mol. The molecule has 1 aliphatic carbocycles. The predicted octanol–water partition coefficient (Wildman–Crippen LogP) is 10.8. The summed E-state index contributed by atoms with van der Waals surface area (Å²) in [7, 11) is 0. The van der Waals surface area contributed by atoms with Gasteiger partial charge in [-0.25, -0.2) is 0 Å². The third-order valence-corrected chi connectivity index (χ3v) is 9.97. The van der Waals surface area contributed by atoms with E-state index in [9.17, 15) is 10.5 Å². The molecule has 7 rings (SSSR count). The Morgan fingerprint density at radius 3 is 2.17 bits per heavy atom. The number of aromatic nitrogens is 1. The number of anilines is 2. The maximum Gasteiger partial charge on any atom is 0.0998 e. The highest BCUT2D eigenvalue weighted by molar-refractivity contribution is 5.91. The van der Waals surface area contributed by atoms with Crippen LogP contribution >= 0.6 is 0 Å². The van der Waals surface area contributed by atoms with Gasteiger partial charge in [0.05, 0.1) is 34.8 Å². The highest BCUT2D eigenvalue weighted by Crippen LogP contribution is 2.52. The summed E-state index contributed by atoms with van der Waals surface area (Å²) in [6.07, 6.45) is 11.0. The lowest BCUT2D eigenvalue weighted by Gasteiger charge is -2.35. The summed E-state index contributed by atoms with van der Waals surface area (Å²) in [4.78, 5) is 2.36. The second-order valence-electron chi connectivity index (χ2n) is 13.6. The van der Waals surface area contributed by atoms with Gasteiger partial charge >= 0.3 is 0 Å². The summed E-state index contributed by atoms with van der Waals surface area (Å²) in [5, 5.41) is 22.1. The van der Waals surface area contributed by atoms with Gasteiger partial charge in [0.2, 0.25) is 0 Å². The molecule has 2 aliphatic rings. The molecular weight excluding hydrogens is 585 g/mol. The van der Waals surface area contributed by atoms with Crippen molar-refractivity contribution in [3.05, 3.63) is 154 Å². The van der Waals surface area contributed by atoms with Gasteiger partial charge in [-0.15, -0.1) is 0 Å². The number of nitrogens with zero attached hydrogens (tertiary/aromatic N) is 4. The minimum atomic E-state index is -0.187. The van der Waals surface area contributed by atoms with E-state index >= 15 is 0 Å². The fourth-order valence-electron chi connectivity index (χ4n) is 7.67. The van der Waals surface area contributed by atoms with E-state index in [1.54, 1.807) is 0 Å². The minimum absolute atomic E-state index is 0.0844. The van der Waals surface area contributed by atoms with Crippen molar-refractivity contribution in [1.82, 2.24) is 4.57 Å². The minimum Gasteiger partial charge on any atom is -0.333 e. The van der Waals surface area contributed by atoms with Crippen molar-refractivity contribution in [2.45, 2.75) is 53.0 Å². The molecule has 1 aliphatic heterocycles. The summed E-state index contributed by atoms with van der Waals surface area (Å²) < 4.78 is 2.21. The number of aryl methyl sites for hydroxylation is 3. The van der Waals surface area contributed by atoms with Crippen LogP contribution in [0.25, 0.3) is 33.8 Å². The molecule has 5 aromatic rings. The smallest absolute Gasteiger partial charge is 0.0998 e. The van der Waals surface area contributed by atoms with Gasteiger partial charge in [-0.2, -0.15) is 10.5 Å². The molecule has 0 bridgehead atoms. The van der Waals surface area contributed by atoms with Crippen LogP contribution in [0.3, 0.4) is 0 Å². The largest absolute Gasteiger partial charge is 0.333 e. The van der Waals surface area contributed by atoms with Crippen LogP contribution in [-0.2, 0) is 5.41 Å². The van der Waals surface area contributed by atoms with E-state index in [1.807, 2.05) is 43.3 Å². The lowest BCUT2D eigenvalue weighted by Crippen LogP contribution is -2.39. The standard InChI is InChI=1S/C44H38N4/c1-27(2)8-16-40-31(6)38-20-28(3)9-17-41(38)47(40)34-12-14-36(32(22-34)25-45)37-15-13-35(23-33(37)26-46)48-42-18-10-29(4)21-39(42)44(7)24-30(5)11-19-43(44)48/h8-24,43H,1H2,2-7H3/b16-8-. The van der Waals surface area contributed by atoms with Crippen molar-refractivity contribution in [1.29, 1.82) is 10.5 Å². The quantitative estimate of drug-likeness (QED) is 0.183. The summed E-state index contributed by atoms with van der Waals surface area (Å²) in [5.41, 5.74) is 14.6. The first-order valence-corrected chi connectivity index (χ1v) is 16.4. The van der Waals surface area contributed by atoms with Gasteiger partial charge in [0.1, 0.15) is 0 Å². The lowest BCUT2D eigenvalue weighted by atomic mass is 9.74. The Morgan fingerprint density at radius 1 is 0.833 bits per heavy atom. The van der Waals surface area contributed by atoms with Gasteiger partial charge in [0.15, 0.2) is 0 Å². The van der Waals surface area contributed by atoms with E-state index in [0.29, 0.717) is 11.1 Å². The van der Waals surface area contributed by atoms with Crippen molar-refractivity contribution in [3.63, 3.8) is 0 Å². The van der Waals surface area contributed by atoms with Gasteiger partial charge in [-0.3, -0.25) is 0 Å². The van der Waals surface area contributed by atoms with Crippen molar-refractivity contribution in [2.24, 2.45) is 0 Å². The third-order valence-electron chi connectivity index (χ3n) is 9.97. The number of hydrogen-bond acceptors (Lipinski definition) is 3. The molecular formula is C44H38N4. The molecule has 48 heavy (non-hydrogen) atoms. The van der Waals surface area contributed by atoms with E-state index < -0.39 is 0 Å². The van der Waals surface area contributed by atoms with Crippen LogP contribution in [0.4, 0.5) is 11.4 Å². The van der Waals surface area contributed by atoms with E-state index in [0.717, 1.165) is 45.0 Å². The highest BCUT2D eigenvalue weighted by atomic mass is 15.2. The first kappa shape index (κ1) is 30.8. The maximum absolute atomic E-state index is 10.5. The molecule has 0 radical (unpaired) electrons. The molecule has 1 aromatic heterocycles. The molecule has 4 heteroatoms. The molecule has 4 aromatic carbocycles. The highest BCUT2D eigenvalue weighted by Gasteiger charge is 2.47. The molecule has 0 saturated carbocycles. The van der Waals surface area contributed by atoms with Crippen molar-refractivity contribution in [3.8, 4) is 29.0 Å². The third kappa shape index (κ3) is 4.81. The lowest BCUT2D eigenvalue weighted by molar-refractivity contribution is 0.546. The summed E-state index contributed by atoms with van der Waals surface area (Å²) in [6.45, 7) is 16.9. The normalized spacial score (nSPS) is 18.0. The monoisotopic (exact) mass is 622 g/mol. The first-order valence-electron chi connectivity index (χ1n) is 16.4. The fourth-order valence-corrected chi connectivity index (χ4v) is 7.67. The summed E-state index contributed by atoms with van der Waals surface area (Å²) >= 11 is 0. The van der Waals surface area contributed by atoms with E-state index in [2.05, 4.69) is 130 Å². The summed E-state index contributed by atoms with van der Waals surface area (Å²) in [5.74, 6) is 0. The van der Waals surface area contributed by atoms with Crippen LogP contribution in [0.15, 0.2) is 115 Å². The second kappa shape index (κ2) is 11.4. The molecule has 0 amide bonds. The van der Waals surface area contributed by atoms with E-state index in [1.165, 1.54) is 33.2 Å². The first-order chi connectivity index (χ1) is 23.0. The molecule has 0 saturated heterocycles. The molecule has 2 heterocycles. The molecule has 0 fully saturated rings. The number of allylic oxidation sites excluding steroid dienone is 4. The zero-order chi connectivity index (χ0) is 33.9. The van der Waals surface area contributed by atoms with Gasteiger partial charge in [-0.1, -0.05) is 83.5 Å². The Hall–Kier alpha value is -5.84. The Balaban J connectivity index is 1.34. The average Bonchev–Trinajstić information content (AvgIpc) is 3.49. The Labute approximate surface area is 283 Å². The van der Waals surface area contributed by atoms with Gasteiger partial charge in [0.25, 0.3) is 0 Å². The van der Waals surface area contributed by atoms with Gasteiger partial charge in [0, 0.05) is 44.7 Å². The molecule has 234 valence electrons. The van der Waals surface area contributed by atoms with Crippen molar-refractivity contribution >= 4 is 28.4 Å². The molecule has 2 unspecified atom stereocenters. The molecule has 2 atom stereocenters. The fraction of sp³-hybridized carbons (Fsp3) is 0.182. The average molecular weight is 623 g/mol. The molecule has 0 spiro atoms. The molecule has 4 nitrogen and oxygen atoms in total. The van der Waals surface area contributed by atoms with Crippen LogP contribution in [0.2, 0.25) is 0 Å². The van der Waals surface area contributed by atoms with Crippen LogP contribution < -0.4 is 4.90 Å². The SMILES string of the molecule is C=C(C)/C=C\c1c(C)c2cc(C)ccc2n1-c1ccc(-c2ccc(N3c4ccc(C)cc4C4(C)C=C(C)C=CC34)cc2C#N)c(C#N)c1. The van der Waals surface area contributed by atoms with E-state index in [4.69, 9.17) is 0 Å². The van der Waals surface area contributed by atoms with Crippen LogP contribution in [-0.4, -0.2) is 10.6 Å². The number of nitriles is 2. The van der Waals surface area contributed by atoms with Crippen LogP contribution in [0.1, 0.15) is 59.8 Å². The number of fused-ring (bicyclic) bond motifs is 4. The molecule has 0 N–H and O–H groups in total. The Bertz CT molecular complexity index is 2360. The Kier molecular flexibility index (Phi) is 7.34. The maximum atomic E-state index is 10.5. The van der Waals surface area contributed by atoms with Gasteiger partial charge in [-0.05, 0) is 101 Å². The topological polar surface area (TPSA) is 55.8 Å². The van der Waals surface area contributed by atoms with Crippen LogP contribution in [0, 0.1) is 43.4 Å². The van der Waals surface area contributed by atoms with E-state index in [-0.39, 0.29) is 11.5 Å².